The number of amides is 1. The smallest absolute Gasteiger partial charge is 0.227 e. The van der Waals surface area contributed by atoms with E-state index in [4.69, 9.17) is 0 Å². The molecule has 3 heteroatoms. The van der Waals surface area contributed by atoms with E-state index in [1.165, 1.54) is 18.4 Å². The number of allylic oxidation sites excluding steroid dienone is 1. The zero-order chi connectivity index (χ0) is 17.1. The summed E-state index contributed by atoms with van der Waals surface area (Å²) in [6.07, 6.45) is 7.91. The summed E-state index contributed by atoms with van der Waals surface area (Å²) >= 11 is 0. The summed E-state index contributed by atoms with van der Waals surface area (Å²) in [4.78, 5) is 12.2. The van der Waals surface area contributed by atoms with Crippen molar-refractivity contribution < 1.29 is 4.79 Å². The Bertz CT molecular complexity index is 494. The zero-order valence-corrected chi connectivity index (χ0v) is 15.1. The molecule has 1 rings (SSSR count). The van der Waals surface area contributed by atoms with E-state index in [-0.39, 0.29) is 11.8 Å². The van der Waals surface area contributed by atoms with Crippen LogP contribution in [0.25, 0.3) is 6.08 Å². The van der Waals surface area contributed by atoms with Crippen molar-refractivity contribution in [3.05, 3.63) is 41.5 Å². The molecule has 1 unspecified atom stereocenters. The van der Waals surface area contributed by atoms with Crippen LogP contribution in [0.2, 0.25) is 0 Å². The van der Waals surface area contributed by atoms with Gasteiger partial charge in [-0.2, -0.15) is 0 Å². The molecular weight excluding hydrogens is 284 g/mol. The third kappa shape index (κ3) is 7.98. The van der Waals surface area contributed by atoms with Gasteiger partial charge in [0, 0.05) is 19.1 Å². The van der Waals surface area contributed by atoms with Gasteiger partial charge in [-0.25, -0.2) is 0 Å². The van der Waals surface area contributed by atoms with Gasteiger partial charge < -0.3 is 10.6 Å². The predicted octanol–water partition coefficient (Wildman–Crippen LogP) is 4.11. The summed E-state index contributed by atoms with van der Waals surface area (Å²) in [5, 5.41) is 6.29. The van der Waals surface area contributed by atoms with Gasteiger partial charge in [0.15, 0.2) is 0 Å². The Labute approximate surface area is 141 Å². The second-order valence-corrected chi connectivity index (χ2v) is 6.34. The first kappa shape index (κ1) is 19.4. The highest BCUT2D eigenvalue weighted by Crippen LogP contribution is 2.18. The third-order valence-electron chi connectivity index (χ3n) is 3.82. The Hall–Kier alpha value is -1.61. The minimum absolute atomic E-state index is 0.0858. The van der Waals surface area contributed by atoms with Crippen LogP contribution in [0.4, 0.5) is 0 Å². The van der Waals surface area contributed by atoms with Crippen molar-refractivity contribution in [2.45, 2.75) is 58.9 Å². The molecule has 0 saturated heterocycles. The van der Waals surface area contributed by atoms with Gasteiger partial charge in [-0.3, -0.25) is 4.79 Å². The van der Waals surface area contributed by atoms with E-state index in [0.29, 0.717) is 12.6 Å². The van der Waals surface area contributed by atoms with Crippen molar-refractivity contribution in [3.63, 3.8) is 0 Å². The molecule has 0 radical (unpaired) electrons. The summed E-state index contributed by atoms with van der Waals surface area (Å²) < 4.78 is 0. The van der Waals surface area contributed by atoms with Crippen LogP contribution < -0.4 is 10.6 Å². The highest BCUT2D eigenvalue weighted by molar-refractivity contribution is 5.83. The van der Waals surface area contributed by atoms with Gasteiger partial charge in [-0.05, 0) is 24.5 Å². The molecule has 128 valence electrons. The quantitative estimate of drug-likeness (QED) is 0.638. The van der Waals surface area contributed by atoms with Gasteiger partial charge in [0.05, 0.1) is 5.92 Å². The fraction of sp³-hybridized carbons (Fsp3) is 0.550. The molecule has 1 aromatic carbocycles. The lowest BCUT2D eigenvalue weighted by molar-refractivity contribution is -0.122. The molecule has 0 aliphatic rings. The van der Waals surface area contributed by atoms with E-state index in [9.17, 15) is 4.79 Å². The average Bonchev–Trinajstić information content (AvgIpc) is 2.55. The van der Waals surface area contributed by atoms with E-state index < -0.39 is 0 Å². The molecule has 23 heavy (non-hydrogen) atoms. The van der Waals surface area contributed by atoms with Crippen molar-refractivity contribution in [2.75, 3.05) is 13.1 Å². The molecule has 1 aromatic rings. The Kier molecular flexibility index (Phi) is 9.30. The van der Waals surface area contributed by atoms with Gasteiger partial charge in [-0.15, -0.1) is 0 Å². The zero-order valence-electron chi connectivity index (χ0n) is 15.1. The monoisotopic (exact) mass is 316 g/mol. The lowest BCUT2D eigenvalue weighted by Crippen LogP contribution is -2.36. The number of benzene rings is 1. The highest BCUT2D eigenvalue weighted by Gasteiger charge is 2.14. The van der Waals surface area contributed by atoms with Crippen molar-refractivity contribution >= 4 is 12.0 Å². The Morgan fingerprint density at radius 3 is 2.70 bits per heavy atom. The fourth-order valence-electron chi connectivity index (χ4n) is 2.32. The predicted molar refractivity (Wildman–Crippen MR) is 99.6 cm³/mol. The summed E-state index contributed by atoms with van der Waals surface area (Å²) in [7, 11) is 0. The van der Waals surface area contributed by atoms with Crippen LogP contribution in [-0.4, -0.2) is 25.0 Å². The Morgan fingerprint density at radius 2 is 2.00 bits per heavy atom. The number of carbonyl (C=O) groups excluding carboxylic acids is 1. The lowest BCUT2D eigenvalue weighted by atomic mass is 9.98. The van der Waals surface area contributed by atoms with Crippen molar-refractivity contribution in [1.82, 2.24) is 10.6 Å². The number of carbonyl (C=O) groups is 1. The number of rotatable bonds is 10. The molecule has 0 aromatic heterocycles. The van der Waals surface area contributed by atoms with Crippen LogP contribution in [0.15, 0.2) is 30.3 Å². The van der Waals surface area contributed by atoms with E-state index in [2.05, 4.69) is 55.7 Å². The molecule has 3 nitrogen and oxygen atoms in total. The van der Waals surface area contributed by atoms with Crippen molar-refractivity contribution in [3.8, 4) is 0 Å². The first-order chi connectivity index (χ1) is 11.0. The maximum absolute atomic E-state index is 12.2. The van der Waals surface area contributed by atoms with Gasteiger partial charge in [0.25, 0.3) is 0 Å². The second kappa shape index (κ2) is 11.0. The molecule has 0 saturated carbocycles. The summed E-state index contributed by atoms with van der Waals surface area (Å²) in [5.41, 5.74) is 2.23. The summed E-state index contributed by atoms with van der Waals surface area (Å²) in [6.45, 7) is 9.83. The van der Waals surface area contributed by atoms with Crippen LogP contribution in [0.1, 0.15) is 64.0 Å². The van der Waals surface area contributed by atoms with Gasteiger partial charge >= 0.3 is 0 Å². The molecule has 1 amide bonds. The second-order valence-electron chi connectivity index (χ2n) is 6.34. The lowest BCUT2D eigenvalue weighted by Gasteiger charge is -2.14. The maximum Gasteiger partial charge on any atom is 0.227 e. The first-order valence-corrected chi connectivity index (χ1v) is 8.82. The average molecular weight is 316 g/mol. The van der Waals surface area contributed by atoms with Crippen LogP contribution in [0.3, 0.4) is 0 Å². The van der Waals surface area contributed by atoms with Crippen molar-refractivity contribution in [1.29, 1.82) is 0 Å². The standard InChI is InChI=1S/C20H32N2O/c1-5-6-7-8-10-18-11-9-12-19(15-18)17(4)20(23)22-14-13-21-16(2)3/h8-12,15-17,21H,5-7,13-14H2,1-4H3,(H,22,23)/b10-8+. The molecular formula is C20H32N2O. The topological polar surface area (TPSA) is 41.1 Å². The van der Waals surface area contributed by atoms with E-state index >= 15 is 0 Å². The van der Waals surface area contributed by atoms with Crippen molar-refractivity contribution in [2.24, 2.45) is 0 Å². The van der Waals surface area contributed by atoms with E-state index in [1.807, 2.05) is 19.1 Å². The SMILES string of the molecule is CCCC/C=C/c1cccc(C(C)C(=O)NCCNC(C)C)c1. The number of hydrogen-bond acceptors (Lipinski definition) is 2. The van der Waals surface area contributed by atoms with Crippen LogP contribution in [0.5, 0.6) is 0 Å². The molecule has 0 spiro atoms. The maximum atomic E-state index is 12.2. The Morgan fingerprint density at radius 1 is 1.22 bits per heavy atom. The number of hydrogen-bond donors (Lipinski definition) is 2. The summed E-state index contributed by atoms with van der Waals surface area (Å²) in [6, 6.07) is 8.70. The molecule has 0 fully saturated rings. The first-order valence-electron chi connectivity index (χ1n) is 8.82. The highest BCUT2D eigenvalue weighted by atomic mass is 16.1. The van der Waals surface area contributed by atoms with Gasteiger partial charge in [0.1, 0.15) is 0 Å². The van der Waals surface area contributed by atoms with Crippen LogP contribution in [-0.2, 0) is 4.79 Å². The normalized spacial score (nSPS) is 12.7. The van der Waals surface area contributed by atoms with Crippen LogP contribution >= 0.6 is 0 Å². The minimum atomic E-state index is -0.127. The molecule has 0 heterocycles. The molecule has 0 bridgehead atoms. The molecule has 1 atom stereocenters. The fourth-order valence-corrected chi connectivity index (χ4v) is 2.32. The van der Waals surface area contributed by atoms with E-state index in [0.717, 1.165) is 18.5 Å². The Balaban J connectivity index is 2.53. The third-order valence-corrected chi connectivity index (χ3v) is 3.82. The molecule has 0 aliphatic carbocycles. The largest absolute Gasteiger partial charge is 0.354 e. The van der Waals surface area contributed by atoms with E-state index in [1.54, 1.807) is 0 Å². The van der Waals surface area contributed by atoms with Gasteiger partial charge in [-0.1, -0.05) is 70.0 Å². The minimum Gasteiger partial charge on any atom is -0.354 e. The van der Waals surface area contributed by atoms with Gasteiger partial charge in [0.2, 0.25) is 5.91 Å². The molecule has 2 N–H and O–H groups in total. The molecule has 0 aliphatic heterocycles. The number of nitrogens with one attached hydrogen (secondary N) is 2. The summed E-state index contributed by atoms with van der Waals surface area (Å²) in [5.74, 6) is -0.0410. The number of unbranched alkanes of at least 4 members (excludes halogenated alkanes) is 2. The van der Waals surface area contributed by atoms with Crippen LogP contribution in [0, 0.1) is 0 Å².